The SMILES string of the molecule is CN(C)c1nnc(Sc2ccncc2Br)s1. The molecule has 0 atom stereocenters. The van der Waals surface area contributed by atoms with Gasteiger partial charge in [-0.15, -0.1) is 10.2 Å². The van der Waals surface area contributed by atoms with Crippen molar-refractivity contribution in [3.63, 3.8) is 0 Å². The largest absolute Gasteiger partial charge is 0.353 e. The van der Waals surface area contributed by atoms with Crippen molar-refractivity contribution in [2.75, 3.05) is 19.0 Å². The summed E-state index contributed by atoms with van der Waals surface area (Å²) in [6.45, 7) is 0. The van der Waals surface area contributed by atoms with E-state index in [9.17, 15) is 0 Å². The number of hydrogen-bond acceptors (Lipinski definition) is 6. The lowest BCUT2D eigenvalue weighted by Gasteiger charge is -2.03. The molecule has 0 aliphatic carbocycles. The summed E-state index contributed by atoms with van der Waals surface area (Å²) in [5.41, 5.74) is 0. The van der Waals surface area contributed by atoms with Gasteiger partial charge in [0.1, 0.15) is 0 Å². The van der Waals surface area contributed by atoms with E-state index in [0.29, 0.717) is 0 Å². The standard InChI is InChI=1S/C9H9BrN4S2/c1-14(2)8-12-13-9(16-8)15-7-3-4-11-5-6(7)10/h3-5H,1-2H3. The minimum Gasteiger partial charge on any atom is -0.353 e. The first-order chi connectivity index (χ1) is 7.66. The molecule has 0 aromatic carbocycles. The maximum atomic E-state index is 4.12. The topological polar surface area (TPSA) is 41.9 Å². The predicted octanol–water partition coefficient (Wildman–Crippen LogP) is 2.91. The molecule has 16 heavy (non-hydrogen) atoms. The van der Waals surface area contributed by atoms with Gasteiger partial charge in [-0.2, -0.15) is 0 Å². The minimum absolute atomic E-state index is 0.910. The summed E-state index contributed by atoms with van der Waals surface area (Å²) < 4.78 is 1.90. The van der Waals surface area contributed by atoms with Crippen LogP contribution in [0.5, 0.6) is 0 Å². The molecular weight excluding hydrogens is 308 g/mol. The highest BCUT2D eigenvalue weighted by molar-refractivity contribution is 9.10. The van der Waals surface area contributed by atoms with Crippen LogP contribution in [0.15, 0.2) is 32.2 Å². The molecular formula is C9H9BrN4S2. The van der Waals surface area contributed by atoms with Gasteiger partial charge in [0.2, 0.25) is 5.13 Å². The normalized spacial score (nSPS) is 10.4. The van der Waals surface area contributed by atoms with E-state index in [2.05, 4.69) is 31.1 Å². The molecule has 2 heterocycles. The number of halogens is 1. The van der Waals surface area contributed by atoms with E-state index in [-0.39, 0.29) is 0 Å². The average molecular weight is 317 g/mol. The van der Waals surface area contributed by atoms with Crippen molar-refractivity contribution in [3.05, 3.63) is 22.9 Å². The Kier molecular flexibility index (Phi) is 3.78. The monoisotopic (exact) mass is 316 g/mol. The van der Waals surface area contributed by atoms with E-state index < -0.39 is 0 Å². The Balaban J connectivity index is 2.18. The van der Waals surface area contributed by atoms with Crippen molar-refractivity contribution in [2.45, 2.75) is 9.24 Å². The Bertz CT molecular complexity index is 486. The van der Waals surface area contributed by atoms with E-state index in [4.69, 9.17) is 0 Å². The van der Waals surface area contributed by atoms with Gasteiger partial charge in [-0.3, -0.25) is 4.98 Å². The molecule has 2 rings (SSSR count). The molecule has 84 valence electrons. The summed E-state index contributed by atoms with van der Waals surface area (Å²) >= 11 is 6.61. The Morgan fingerprint density at radius 1 is 1.38 bits per heavy atom. The molecule has 4 nitrogen and oxygen atoms in total. The summed E-state index contributed by atoms with van der Waals surface area (Å²) in [6, 6.07) is 1.95. The lowest BCUT2D eigenvalue weighted by Crippen LogP contribution is -2.07. The first-order valence-electron chi connectivity index (χ1n) is 4.45. The smallest absolute Gasteiger partial charge is 0.208 e. The number of pyridine rings is 1. The molecule has 0 saturated heterocycles. The van der Waals surface area contributed by atoms with Gasteiger partial charge < -0.3 is 4.90 Å². The first kappa shape index (κ1) is 11.8. The maximum absolute atomic E-state index is 4.12. The van der Waals surface area contributed by atoms with Gasteiger partial charge in [-0.25, -0.2) is 0 Å². The molecule has 0 amide bonds. The summed E-state index contributed by atoms with van der Waals surface area (Å²) in [6.07, 6.45) is 3.54. The molecule has 0 saturated carbocycles. The second kappa shape index (κ2) is 5.11. The van der Waals surface area contributed by atoms with Crippen molar-refractivity contribution < 1.29 is 0 Å². The van der Waals surface area contributed by atoms with Crippen LogP contribution in [-0.2, 0) is 0 Å². The first-order valence-corrected chi connectivity index (χ1v) is 6.87. The van der Waals surface area contributed by atoms with E-state index in [1.54, 1.807) is 35.5 Å². The molecule has 0 radical (unpaired) electrons. The third-order valence-corrected chi connectivity index (χ3v) is 4.82. The van der Waals surface area contributed by atoms with Gasteiger partial charge in [-0.05, 0) is 22.0 Å². The molecule has 0 N–H and O–H groups in total. The summed E-state index contributed by atoms with van der Waals surface area (Å²) in [5.74, 6) is 0. The van der Waals surface area contributed by atoms with Crippen molar-refractivity contribution in [1.82, 2.24) is 15.2 Å². The Labute approximate surface area is 110 Å². The summed E-state index contributed by atoms with van der Waals surface area (Å²) in [4.78, 5) is 7.06. The molecule has 0 aliphatic rings. The van der Waals surface area contributed by atoms with E-state index >= 15 is 0 Å². The highest BCUT2D eigenvalue weighted by Gasteiger charge is 2.09. The van der Waals surface area contributed by atoms with Gasteiger partial charge in [-0.1, -0.05) is 23.1 Å². The molecule has 0 aliphatic heterocycles. The summed E-state index contributed by atoms with van der Waals surface area (Å²) in [7, 11) is 3.91. The van der Waals surface area contributed by atoms with Crippen LogP contribution in [0.3, 0.4) is 0 Å². The number of anilines is 1. The fraction of sp³-hybridized carbons (Fsp3) is 0.222. The number of hydrogen-bond donors (Lipinski definition) is 0. The van der Waals surface area contributed by atoms with Gasteiger partial charge in [0.05, 0.1) is 0 Å². The third kappa shape index (κ3) is 2.72. The molecule has 0 spiro atoms. The Morgan fingerprint density at radius 3 is 2.81 bits per heavy atom. The van der Waals surface area contributed by atoms with Crippen molar-refractivity contribution in [2.24, 2.45) is 0 Å². The van der Waals surface area contributed by atoms with E-state index in [0.717, 1.165) is 18.8 Å². The fourth-order valence-electron chi connectivity index (χ4n) is 0.964. The molecule has 0 fully saturated rings. The number of rotatable bonds is 3. The number of nitrogens with zero attached hydrogens (tertiary/aromatic N) is 4. The van der Waals surface area contributed by atoms with Crippen molar-refractivity contribution in [3.8, 4) is 0 Å². The van der Waals surface area contributed by atoms with E-state index in [1.807, 2.05) is 25.1 Å². The zero-order valence-electron chi connectivity index (χ0n) is 8.72. The highest BCUT2D eigenvalue weighted by atomic mass is 79.9. The zero-order valence-corrected chi connectivity index (χ0v) is 11.9. The van der Waals surface area contributed by atoms with Crippen LogP contribution in [0.25, 0.3) is 0 Å². The zero-order chi connectivity index (χ0) is 11.5. The van der Waals surface area contributed by atoms with Crippen LogP contribution in [0.2, 0.25) is 0 Å². The minimum atomic E-state index is 0.910. The molecule has 0 bridgehead atoms. The average Bonchev–Trinajstić information content (AvgIpc) is 2.70. The fourth-order valence-corrected chi connectivity index (χ4v) is 3.17. The second-order valence-corrected chi connectivity index (χ2v) is 6.25. The van der Waals surface area contributed by atoms with Crippen LogP contribution in [-0.4, -0.2) is 29.3 Å². The van der Waals surface area contributed by atoms with Crippen LogP contribution < -0.4 is 4.90 Å². The van der Waals surface area contributed by atoms with Crippen molar-refractivity contribution in [1.29, 1.82) is 0 Å². The molecule has 2 aromatic rings. The van der Waals surface area contributed by atoms with Crippen LogP contribution in [0.1, 0.15) is 0 Å². The summed E-state index contributed by atoms with van der Waals surface area (Å²) in [5, 5.41) is 9.12. The molecule has 7 heteroatoms. The van der Waals surface area contributed by atoms with Crippen LogP contribution >= 0.6 is 39.0 Å². The van der Waals surface area contributed by atoms with Gasteiger partial charge in [0.15, 0.2) is 4.34 Å². The predicted molar refractivity (Wildman–Crippen MR) is 70.3 cm³/mol. The van der Waals surface area contributed by atoms with Gasteiger partial charge in [0.25, 0.3) is 0 Å². The van der Waals surface area contributed by atoms with Gasteiger partial charge in [0, 0.05) is 35.9 Å². The van der Waals surface area contributed by atoms with Crippen LogP contribution in [0.4, 0.5) is 5.13 Å². The van der Waals surface area contributed by atoms with E-state index in [1.165, 1.54) is 0 Å². The van der Waals surface area contributed by atoms with Gasteiger partial charge >= 0.3 is 0 Å². The van der Waals surface area contributed by atoms with Crippen LogP contribution in [0, 0.1) is 0 Å². The Hall–Kier alpha value is -0.660. The molecule has 2 aromatic heterocycles. The molecule has 0 unspecified atom stereocenters. The number of aromatic nitrogens is 3. The maximum Gasteiger partial charge on any atom is 0.208 e. The van der Waals surface area contributed by atoms with Crippen molar-refractivity contribution >= 4 is 44.2 Å². The second-order valence-electron chi connectivity index (χ2n) is 3.15. The Morgan fingerprint density at radius 2 is 2.19 bits per heavy atom. The quantitative estimate of drug-likeness (QED) is 0.871. The third-order valence-electron chi connectivity index (χ3n) is 1.71. The lowest BCUT2D eigenvalue weighted by atomic mass is 10.5. The lowest BCUT2D eigenvalue weighted by molar-refractivity contribution is 0.972. The highest BCUT2D eigenvalue weighted by Crippen LogP contribution is 2.35.